The minimum atomic E-state index is 0.217. The molecule has 1 nitrogen and oxygen atoms in total. The van der Waals surface area contributed by atoms with E-state index in [1.165, 1.54) is 50.5 Å². The number of ketones is 1. The Kier molecular flexibility index (Phi) is 4.20. The summed E-state index contributed by atoms with van der Waals surface area (Å²) in [5.41, 5.74) is 6.38. The molecule has 3 fully saturated rings. The van der Waals surface area contributed by atoms with Gasteiger partial charge < -0.3 is 0 Å². The monoisotopic (exact) mass is 376 g/mol. The fourth-order valence-corrected chi connectivity index (χ4v) is 8.29. The summed E-state index contributed by atoms with van der Waals surface area (Å²) in [5, 5.41) is 0. The second-order valence-electron chi connectivity index (χ2n) is 11.0. The topological polar surface area (TPSA) is 17.1 Å². The highest BCUT2D eigenvalue weighted by molar-refractivity contribution is 5.98. The molecule has 0 radical (unpaired) electrons. The van der Waals surface area contributed by atoms with Crippen molar-refractivity contribution in [3.05, 3.63) is 46.5 Å². The Labute approximate surface area is 171 Å². The molecule has 0 bridgehead atoms. The van der Waals surface area contributed by atoms with Crippen LogP contribution in [-0.2, 0) is 0 Å². The van der Waals surface area contributed by atoms with Gasteiger partial charge in [0.15, 0.2) is 5.78 Å². The number of aryl methyl sites for hydroxylation is 1. The summed E-state index contributed by atoms with van der Waals surface area (Å²) in [6, 6.07) is 8.30. The van der Waals surface area contributed by atoms with Gasteiger partial charge in [0.2, 0.25) is 0 Å². The number of benzene rings is 1. The van der Waals surface area contributed by atoms with Crippen LogP contribution < -0.4 is 0 Å². The second kappa shape index (κ2) is 6.31. The maximum atomic E-state index is 13.5. The zero-order chi connectivity index (χ0) is 19.7. The largest absolute Gasteiger partial charge is 0.294 e. The molecule has 150 valence electrons. The molecular formula is C27H36O. The van der Waals surface area contributed by atoms with E-state index in [0.717, 1.165) is 29.7 Å². The summed E-state index contributed by atoms with van der Waals surface area (Å²) in [5.74, 6) is 3.11. The lowest BCUT2D eigenvalue weighted by Gasteiger charge is -2.56. The van der Waals surface area contributed by atoms with Crippen molar-refractivity contribution >= 4 is 5.78 Å². The molecule has 0 aliphatic heterocycles. The smallest absolute Gasteiger partial charge is 0.166 e. The summed E-state index contributed by atoms with van der Waals surface area (Å²) in [6.07, 6.45) is 10.4. The number of allylic oxidation sites excluding steroid dienone is 2. The van der Waals surface area contributed by atoms with Gasteiger partial charge in [0.05, 0.1) is 0 Å². The molecule has 6 atom stereocenters. The quantitative estimate of drug-likeness (QED) is 0.396. The molecule has 5 rings (SSSR count). The minimum Gasteiger partial charge on any atom is -0.294 e. The first-order valence-electron chi connectivity index (χ1n) is 11.6. The number of fused-ring (bicyclic) bond motifs is 5. The number of hydrogen-bond donors (Lipinski definition) is 0. The zero-order valence-corrected chi connectivity index (χ0v) is 18.2. The highest BCUT2D eigenvalue weighted by Gasteiger charge is 2.60. The first-order valence-corrected chi connectivity index (χ1v) is 11.6. The molecule has 4 aliphatic carbocycles. The van der Waals surface area contributed by atoms with Gasteiger partial charge in [-0.15, -0.1) is 0 Å². The van der Waals surface area contributed by atoms with Gasteiger partial charge in [0.1, 0.15) is 0 Å². The van der Waals surface area contributed by atoms with E-state index in [-0.39, 0.29) is 11.3 Å². The fraction of sp³-hybridized carbons (Fsp3) is 0.667. The van der Waals surface area contributed by atoms with Gasteiger partial charge >= 0.3 is 0 Å². The first-order chi connectivity index (χ1) is 13.3. The van der Waals surface area contributed by atoms with Gasteiger partial charge in [-0.05, 0) is 93.8 Å². The van der Waals surface area contributed by atoms with E-state index >= 15 is 0 Å². The van der Waals surface area contributed by atoms with E-state index in [0.29, 0.717) is 11.2 Å². The molecule has 4 aliphatic rings. The number of hydrogen-bond acceptors (Lipinski definition) is 1. The third kappa shape index (κ3) is 2.47. The Morgan fingerprint density at radius 3 is 2.39 bits per heavy atom. The molecule has 3 saturated carbocycles. The summed E-state index contributed by atoms with van der Waals surface area (Å²) < 4.78 is 0. The third-order valence-electron chi connectivity index (χ3n) is 9.86. The SMILES string of the molecule is CC1=C2CCC3C(CCC4(C)C(C(=O)c5ccc(C)cc5)CCC34)C2(C)CC1. The third-order valence-corrected chi connectivity index (χ3v) is 9.86. The summed E-state index contributed by atoms with van der Waals surface area (Å²) >= 11 is 0. The number of rotatable bonds is 2. The van der Waals surface area contributed by atoms with E-state index in [2.05, 4.69) is 52.0 Å². The summed E-state index contributed by atoms with van der Waals surface area (Å²) in [6.45, 7) is 9.55. The van der Waals surface area contributed by atoms with Gasteiger partial charge in [0, 0.05) is 11.5 Å². The zero-order valence-electron chi connectivity index (χ0n) is 18.2. The Bertz CT molecular complexity index is 830. The molecule has 0 spiro atoms. The van der Waals surface area contributed by atoms with Gasteiger partial charge in [0.25, 0.3) is 0 Å². The van der Waals surface area contributed by atoms with Crippen molar-refractivity contribution in [1.82, 2.24) is 0 Å². The van der Waals surface area contributed by atoms with E-state index in [1.54, 1.807) is 5.57 Å². The van der Waals surface area contributed by atoms with Crippen LogP contribution in [0.3, 0.4) is 0 Å². The standard InChI is InChI=1S/C27H36O/c1-17-5-7-19(8-6-17)25(28)24-12-11-22-20-9-10-21-18(2)13-15-26(21,3)23(20)14-16-27(22,24)4/h5-8,20,22-24H,9-16H2,1-4H3. The Morgan fingerprint density at radius 1 is 0.893 bits per heavy atom. The van der Waals surface area contributed by atoms with Gasteiger partial charge in [-0.2, -0.15) is 0 Å². The molecule has 0 amide bonds. The van der Waals surface area contributed by atoms with Crippen LogP contribution in [0.5, 0.6) is 0 Å². The van der Waals surface area contributed by atoms with Gasteiger partial charge in [-0.25, -0.2) is 0 Å². The van der Waals surface area contributed by atoms with Crippen molar-refractivity contribution in [3.63, 3.8) is 0 Å². The van der Waals surface area contributed by atoms with Crippen molar-refractivity contribution in [3.8, 4) is 0 Å². The molecule has 0 heterocycles. The van der Waals surface area contributed by atoms with Crippen molar-refractivity contribution in [2.45, 2.75) is 79.1 Å². The van der Waals surface area contributed by atoms with Crippen LogP contribution in [-0.4, -0.2) is 5.78 Å². The van der Waals surface area contributed by atoms with Gasteiger partial charge in [-0.1, -0.05) is 54.8 Å². The maximum absolute atomic E-state index is 13.5. The van der Waals surface area contributed by atoms with E-state index < -0.39 is 0 Å². The maximum Gasteiger partial charge on any atom is 0.166 e. The average Bonchev–Trinajstić information content (AvgIpc) is 3.18. The van der Waals surface area contributed by atoms with E-state index in [9.17, 15) is 4.79 Å². The molecule has 0 aromatic heterocycles. The van der Waals surface area contributed by atoms with Crippen molar-refractivity contribution in [2.24, 2.45) is 34.5 Å². The predicted octanol–water partition coefficient (Wildman–Crippen LogP) is 7.15. The van der Waals surface area contributed by atoms with Crippen LogP contribution in [0, 0.1) is 41.4 Å². The van der Waals surface area contributed by atoms with Crippen LogP contribution in [0.25, 0.3) is 0 Å². The molecule has 28 heavy (non-hydrogen) atoms. The number of carbonyl (C=O) groups excluding carboxylic acids is 1. The van der Waals surface area contributed by atoms with Crippen molar-refractivity contribution < 1.29 is 4.79 Å². The Morgan fingerprint density at radius 2 is 1.64 bits per heavy atom. The van der Waals surface area contributed by atoms with Crippen molar-refractivity contribution in [1.29, 1.82) is 0 Å². The summed E-state index contributed by atoms with van der Waals surface area (Å²) in [7, 11) is 0. The second-order valence-corrected chi connectivity index (χ2v) is 11.0. The van der Waals surface area contributed by atoms with Crippen LogP contribution >= 0.6 is 0 Å². The highest BCUT2D eigenvalue weighted by Crippen LogP contribution is 2.68. The minimum absolute atomic E-state index is 0.217. The number of carbonyl (C=O) groups is 1. The van der Waals surface area contributed by atoms with Crippen LogP contribution in [0.4, 0.5) is 0 Å². The molecule has 0 N–H and O–H groups in total. The normalized spacial score (nSPS) is 42.1. The Hall–Kier alpha value is -1.37. The van der Waals surface area contributed by atoms with Crippen molar-refractivity contribution in [2.75, 3.05) is 0 Å². The molecule has 1 aromatic carbocycles. The van der Waals surface area contributed by atoms with Crippen LogP contribution in [0.15, 0.2) is 35.4 Å². The predicted molar refractivity (Wildman–Crippen MR) is 115 cm³/mol. The summed E-state index contributed by atoms with van der Waals surface area (Å²) in [4.78, 5) is 13.5. The molecule has 6 unspecified atom stereocenters. The van der Waals surface area contributed by atoms with Crippen LogP contribution in [0.1, 0.15) is 88.1 Å². The Balaban J connectivity index is 1.43. The highest BCUT2D eigenvalue weighted by atomic mass is 16.1. The van der Waals surface area contributed by atoms with E-state index in [4.69, 9.17) is 0 Å². The lowest BCUT2D eigenvalue weighted by atomic mass is 9.48. The lowest BCUT2D eigenvalue weighted by molar-refractivity contribution is -0.0412. The molecule has 0 saturated heterocycles. The fourth-order valence-electron chi connectivity index (χ4n) is 8.29. The van der Waals surface area contributed by atoms with Gasteiger partial charge in [-0.3, -0.25) is 4.79 Å². The number of Topliss-reactive ketones (excluding diaryl/α,β-unsaturated/α-hetero) is 1. The molecular weight excluding hydrogens is 340 g/mol. The van der Waals surface area contributed by atoms with Crippen LogP contribution in [0.2, 0.25) is 0 Å². The first kappa shape index (κ1) is 18.6. The lowest BCUT2D eigenvalue weighted by Crippen LogP contribution is -2.49. The molecule has 1 heteroatoms. The average molecular weight is 377 g/mol. The molecule has 1 aromatic rings. The van der Waals surface area contributed by atoms with E-state index in [1.807, 2.05) is 5.57 Å².